The van der Waals surface area contributed by atoms with Gasteiger partial charge in [0.25, 0.3) is 0 Å². The number of halogens is 3. The normalized spacial score (nSPS) is 21.7. The molecule has 0 bridgehead atoms. The second kappa shape index (κ2) is 10.9. The maximum Gasteiger partial charge on any atom is 0.450 e. The molecule has 2 heterocycles. The maximum atomic E-state index is 13.7. The molecule has 3 aromatic carbocycles. The number of alkyl halides is 3. The van der Waals surface area contributed by atoms with E-state index in [-0.39, 0.29) is 0 Å². The van der Waals surface area contributed by atoms with E-state index in [1.165, 1.54) is 54.1 Å². The summed E-state index contributed by atoms with van der Waals surface area (Å²) in [6, 6.07) is 24.5. The van der Waals surface area contributed by atoms with Gasteiger partial charge in [0.1, 0.15) is 0 Å². The van der Waals surface area contributed by atoms with Gasteiger partial charge in [0.05, 0.1) is 5.69 Å². The molecule has 0 saturated carbocycles. The van der Waals surface area contributed by atoms with Crippen LogP contribution in [-0.2, 0) is 19.3 Å². The van der Waals surface area contributed by atoms with Crippen LogP contribution in [0.2, 0.25) is 0 Å². The molecule has 0 aromatic heterocycles. The standard InChI is InChI=1S/C31H34F3N5/c32-31(33,34)29-36-30(39(37-29)28-14-8-23(9-15-28)20-22-6-2-1-3-7-22)35-26-13-10-24-11-16-27(17-12-25(24)21-26)38-18-4-5-19-38/h1-3,6-10,13-15,21,27,30,35H,4-5,11-12,16-20H2,(H,36,37). The van der Waals surface area contributed by atoms with Crippen LogP contribution in [0.25, 0.3) is 0 Å². The van der Waals surface area contributed by atoms with Crippen molar-refractivity contribution in [2.24, 2.45) is 4.99 Å². The van der Waals surface area contributed by atoms with Crippen molar-refractivity contribution < 1.29 is 13.2 Å². The first-order valence-corrected chi connectivity index (χ1v) is 13.9. The third-order valence-electron chi connectivity index (χ3n) is 8.11. The summed E-state index contributed by atoms with van der Waals surface area (Å²) in [7, 11) is 0. The van der Waals surface area contributed by atoms with E-state index in [2.05, 4.69) is 44.9 Å². The first kappa shape index (κ1) is 25.7. The molecule has 8 heteroatoms. The Morgan fingerprint density at radius 3 is 2.26 bits per heavy atom. The molecular weight excluding hydrogens is 499 g/mol. The average molecular weight is 534 g/mol. The van der Waals surface area contributed by atoms with Crippen LogP contribution >= 0.6 is 0 Å². The fraction of sp³-hybridized carbons (Fsp3) is 0.387. The number of rotatable bonds is 6. The van der Waals surface area contributed by atoms with E-state index in [0.29, 0.717) is 11.7 Å². The van der Waals surface area contributed by atoms with Crippen LogP contribution in [0.3, 0.4) is 0 Å². The first-order chi connectivity index (χ1) is 18.9. The van der Waals surface area contributed by atoms with Crippen LogP contribution in [0.1, 0.15) is 47.9 Å². The summed E-state index contributed by atoms with van der Waals surface area (Å²) < 4.78 is 41.0. The fourth-order valence-electron chi connectivity index (χ4n) is 6.03. The van der Waals surface area contributed by atoms with E-state index >= 15 is 0 Å². The Kier molecular flexibility index (Phi) is 7.21. The summed E-state index contributed by atoms with van der Waals surface area (Å²) in [4.78, 5) is 6.62. The number of hydrazine groups is 1. The third-order valence-corrected chi connectivity index (χ3v) is 8.11. The molecule has 2 atom stereocenters. The molecule has 39 heavy (non-hydrogen) atoms. The Morgan fingerprint density at radius 2 is 1.54 bits per heavy atom. The van der Waals surface area contributed by atoms with Gasteiger partial charge in [-0.2, -0.15) is 13.2 Å². The highest BCUT2D eigenvalue weighted by Gasteiger charge is 2.43. The lowest BCUT2D eigenvalue weighted by molar-refractivity contribution is -0.0612. The predicted molar refractivity (Wildman–Crippen MR) is 150 cm³/mol. The van der Waals surface area contributed by atoms with Crippen molar-refractivity contribution in [3.05, 3.63) is 95.1 Å². The number of amidine groups is 1. The second-order valence-corrected chi connectivity index (χ2v) is 10.8. The summed E-state index contributed by atoms with van der Waals surface area (Å²) in [5.74, 6) is -1.00. The summed E-state index contributed by atoms with van der Waals surface area (Å²) in [5, 5.41) is 4.70. The largest absolute Gasteiger partial charge is 0.450 e. The van der Waals surface area contributed by atoms with Gasteiger partial charge in [0.15, 0.2) is 0 Å². The quantitative estimate of drug-likeness (QED) is 0.365. The maximum absolute atomic E-state index is 13.7. The number of likely N-dealkylation sites (tertiary alicyclic amines) is 1. The molecule has 1 aliphatic carbocycles. The number of nitrogens with zero attached hydrogens (tertiary/aromatic N) is 3. The molecule has 3 aliphatic rings. The smallest absolute Gasteiger partial charge is 0.345 e. The topological polar surface area (TPSA) is 42.9 Å². The van der Waals surface area contributed by atoms with E-state index in [0.717, 1.165) is 36.9 Å². The van der Waals surface area contributed by atoms with Gasteiger partial charge >= 0.3 is 6.18 Å². The Morgan fingerprint density at radius 1 is 0.846 bits per heavy atom. The van der Waals surface area contributed by atoms with Gasteiger partial charge in [-0.05, 0) is 105 Å². The minimum absolute atomic E-state index is 0.607. The van der Waals surface area contributed by atoms with Gasteiger partial charge in [-0.15, -0.1) is 0 Å². The minimum atomic E-state index is -4.57. The van der Waals surface area contributed by atoms with Gasteiger partial charge < -0.3 is 10.2 Å². The number of hydrogen-bond donors (Lipinski definition) is 2. The molecule has 0 spiro atoms. The highest BCUT2D eigenvalue weighted by molar-refractivity contribution is 5.91. The van der Waals surface area contributed by atoms with E-state index in [1.807, 2.05) is 48.5 Å². The summed E-state index contributed by atoms with van der Waals surface area (Å²) in [5.41, 5.74) is 8.76. The zero-order valence-corrected chi connectivity index (χ0v) is 21.9. The van der Waals surface area contributed by atoms with Crippen molar-refractivity contribution >= 4 is 17.2 Å². The SMILES string of the molecule is FC(F)(F)C1=NC(Nc2ccc3c(c2)CCC(N2CCCC2)CC3)N(c2ccc(Cc3ccccc3)cc2)N1. The zero-order valence-electron chi connectivity index (χ0n) is 21.9. The zero-order chi connectivity index (χ0) is 26.8. The Labute approximate surface area is 227 Å². The van der Waals surface area contributed by atoms with Crippen molar-refractivity contribution in [2.75, 3.05) is 23.4 Å². The number of anilines is 2. The summed E-state index contributed by atoms with van der Waals surface area (Å²) in [6.45, 7) is 2.40. The number of aliphatic imine (C=N–C) groups is 1. The van der Waals surface area contributed by atoms with Gasteiger partial charge in [-0.1, -0.05) is 48.5 Å². The molecule has 2 N–H and O–H groups in total. The molecule has 204 valence electrons. The highest BCUT2D eigenvalue weighted by atomic mass is 19.4. The Balaban J connectivity index is 1.18. The van der Waals surface area contributed by atoms with Crippen molar-refractivity contribution in [3.8, 4) is 0 Å². The van der Waals surface area contributed by atoms with Crippen molar-refractivity contribution in [1.82, 2.24) is 10.3 Å². The number of hydrogen-bond acceptors (Lipinski definition) is 5. The third kappa shape index (κ3) is 5.91. The van der Waals surface area contributed by atoms with Crippen molar-refractivity contribution in [3.63, 3.8) is 0 Å². The van der Waals surface area contributed by atoms with E-state index < -0.39 is 18.3 Å². The van der Waals surface area contributed by atoms with Crippen LogP contribution in [0.4, 0.5) is 24.5 Å². The van der Waals surface area contributed by atoms with E-state index in [1.54, 1.807) is 0 Å². The molecule has 0 amide bonds. The second-order valence-electron chi connectivity index (χ2n) is 10.8. The van der Waals surface area contributed by atoms with E-state index in [4.69, 9.17) is 0 Å². The summed E-state index contributed by atoms with van der Waals surface area (Å²) in [6.07, 6.45) is 2.16. The number of benzene rings is 3. The van der Waals surface area contributed by atoms with Gasteiger partial charge in [0.2, 0.25) is 12.1 Å². The molecule has 1 fully saturated rings. The van der Waals surface area contributed by atoms with Gasteiger partial charge in [0, 0.05) is 11.7 Å². The molecule has 2 aliphatic heterocycles. The number of nitrogens with one attached hydrogen (secondary N) is 2. The lowest BCUT2D eigenvalue weighted by Crippen LogP contribution is -2.47. The molecule has 2 unspecified atom stereocenters. The van der Waals surface area contributed by atoms with Crippen LogP contribution in [0.15, 0.2) is 77.8 Å². The van der Waals surface area contributed by atoms with E-state index in [9.17, 15) is 13.2 Å². The molecule has 5 nitrogen and oxygen atoms in total. The van der Waals surface area contributed by atoms with Crippen LogP contribution in [-0.4, -0.2) is 42.3 Å². The van der Waals surface area contributed by atoms with Crippen LogP contribution in [0.5, 0.6) is 0 Å². The van der Waals surface area contributed by atoms with Gasteiger partial charge in [-0.3, -0.25) is 5.43 Å². The lowest BCUT2D eigenvalue weighted by atomic mass is 10.0. The molecule has 0 radical (unpaired) electrons. The lowest BCUT2D eigenvalue weighted by Gasteiger charge is -2.27. The highest BCUT2D eigenvalue weighted by Crippen LogP contribution is 2.30. The number of fused-ring (bicyclic) bond motifs is 1. The first-order valence-electron chi connectivity index (χ1n) is 13.9. The van der Waals surface area contributed by atoms with Crippen molar-refractivity contribution in [1.29, 1.82) is 0 Å². The predicted octanol–water partition coefficient (Wildman–Crippen LogP) is 6.30. The molecular formula is C31H34F3N5. The molecule has 3 aromatic rings. The molecule has 1 saturated heterocycles. The monoisotopic (exact) mass is 533 g/mol. The van der Waals surface area contributed by atoms with Crippen LogP contribution in [0, 0.1) is 0 Å². The number of aryl methyl sites for hydroxylation is 2. The molecule has 6 rings (SSSR count). The minimum Gasteiger partial charge on any atom is -0.345 e. The Hall–Kier alpha value is -3.52. The Bertz CT molecular complexity index is 1300. The van der Waals surface area contributed by atoms with Gasteiger partial charge in [-0.25, -0.2) is 10.0 Å². The van der Waals surface area contributed by atoms with Crippen LogP contribution < -0.4 is 15.8 Å². The van der Waals surface area contributed by atoms with Crippen molar-refractivity contribution in [2.45, 2.75) is 63.5 Å². The fourth-order valence-corrected chi connectivity index (χ4v) is 6.03. The average Bonchev–Trinajstić information content (AvgIpc) is 3.57. The summed E-state index contributed by atoms with van der Waals surface area (Å²) >= 11 is 0.